The van der Waals surface area contributed by atoms with Gasteiger partial charge in [0.1, 0.15) is 0 Å². The van der Waals surface area contributed by atoms with E-state index in [0.717, 1.165) is 0 Å². The lowest BCUT2D eigenvalue weighted by Crippen LogP contribution is -2.07. The van der Waals surface area contributed by atoms with Gasteiger partial charge in [-0.2, -0.15) is 17.9 Å². The van der Waals surface area contributed by atoms with Crippen LogP contribution in [-0.4, -0.2) is 14.7 Å². The van der Waals surface area contributed by atoms with Crippen molar-refractivity contribution in [2.75, 3.05) is 0 Å². The second-order valence-corrected chi connectivity index (χ2v) is 6.32. The van der Waals surface area contributed by atoms with E-state index in [2.05, 4.69) is 29.7 Å². The molecule has 0 aliphatic heterocycles. The van der Waals surface area contributed by atoms with Crippen LogP contribution in [0.5, 0.6) is 0 Å². The Labute approximate surface area is 82.4 Å². The fourth-order valence-electron chi connectivity index (χ4n) is 0.339. The van der Waals surface area contributed by atoms with Crippen LogP contribution in [-0.2, 0) is 31.6 Å². The van der Waals surface area contributed by atoms with Crippen molar-refractivity contribution in [2.24, 2.45) is 11.8 Å². The van der Waals surface area contributed by atoms with Crippen LogP contribution in [0.3, 0.4) is 0 Å². The summed E-state index contributed by atoms with van der Waals surface area (Å²) < 4.78 is 45.5. The molecule has 0 fully saturated rings. The van der Waals surface area contributed by atoms with Crippen molar-refractivity contribution >= 4 is 23.5 Å². The third kappa shape index (κ3) is 6.48. The van der Waals surface area contributed by atoms with Gasteiger partial charge in [0.15, 0.2) is 0 Å². The smallest absolute Gasteiger partial charge is 0.302 e. The number of nitrogens with two attached hydrogens (primary N) is 2. The summed E-state index contributed by atoms with van der Waals surface area (Å²) in [5.74, 6) is 8.63. The second kappa shape index (κ2) is 5.11. The van der Waals surface area contributed by atoms with E-state index in [4.69, 9.17) is 14.7 Å². The predicted octanol–water partition coefficient (Wildman–Crippen LogP) is -0.899. The molecule has 0 aliphatic carbocycles. The lowest BCUT2D eigenvalue weighted by atomic mass is 13.6. The first kappa shape index (κ1) is 15.3. The molecule has 0 saturated heterocycles. The molecule has 15 heavy (non-hydrogen) atoms. The van der Waals surface area contributed by atoms with Gasteiger partial charge in [-0.1, -0.05) is 0 Å². The summed E-state index contributed by atoms with van der Waals surface area (Å²) in [6.07, 6.45) is 0. The fraction of sp³-hybridized carbons (Fsp3) is 0. The summed E-state index contributed by atoms with van der Waals surface area (Å²) >= 11 is 0. The Morgan fingerprint density at radius 3 is 1.53 bits per heavy atom. The molecule has 0 aromatic carbocycles. The Morgan fingerprint density at radius 2 is 1.27 bits per heavy atom. The Balaban J connectivity index is 4.72. The third-order valence-electron chi connectivity index (χ3n) is 0.671. The van der Waals surface area contributed by atoms with Gasteiger partial charge >= 0.3 is 23.5 Å². The van der Waals surface area contributed by atoms with Crippen molar-refractivity contribution < 1.29 is 46.2 Å². The van der Waals surface area contributed by atoms with E-state index in [0.29, 0.717) is 0 Å². The van der Waals surface area contributed by atoms with Gasteiger partial charge in [-0.05, 0) is 0 Å². The van der Waals surface area contributed by atoms with E-state index in [-0.39, 0.29) is 0 Å². The van der Waals surface area contributed by atoms with Crippen LogP contribution >= 0.6 is 23.5 Å². The Hall–Kier alpha value is 0.330. The van der Waals surface area contributed by atoms with Gasteiger partial charge in [0.2, 0.25) is 0 Å². The molecule has 0 amide bonds. The highest BCUT2D eigenvalue weighted by Crippen LogP contribution is 2.67. The molecular formula is H7N2O10P3. The molecule has 7 N–H and O–H groups in total. The van der Waals surface area contributed by atoms with Crippen molar-refractivity contribution in [1.82, 2.24) is 0 Å². The quantitative estimate of drug-likeness (QED) is 0.298. The summed E-state index contributed by atoms with van der Waals surface area (Å²) in [6, 6.07) is 0. The highest BCUT2D eigenvalue weighted by Gasteiger charge is 2.42. The van der Waals surface area contributed by atoms with Crippen LogP contribution in [0.15, 0.2) is 0 Å². The lowest BCUT2D eigenvalue weighted by molar-refractivity contribution is 0.139. The summed E-state index contributed by atoms with van der Waals surface area (Å²) in [5.41, 5.74) is 0. The normalized spacial score (nSPS) is 17.4. The zero-order valence-corrected chi connectivity index (χ0v) is 9.38. The topological polar surface area (TPSA) is 201 Å². The Morgan fingerprint density at radius 1 is 0.867 bits per heavy atom. The number of rotatable bonds is 6. The van der Waals surface area contributed by atoms with E-state index in [9.17, 15) is 13.7 Å². The van der Waals surface area contributed by atoms with E-state index in [1.807, 2.05) is 0 Å². The molecule has 0 aliphatic rings. The summed E-state index contributed by atoms with van der Waals surface area (Å²) in [6.45, 7) is 0. The van der Waals surface area contributed by atoms with Crippen LogP contribution in [0.25, 0.3) is 0 Å². The predicted molar refractivity (Wildman–Crippen MR) is 42.2 cm³/mol. The van der Waals surface area contributed by atoms with Crippen molar-refractivity contribution in [3.8, 4) is 0 Å². The molecule has 0 spiro atoms. The minimum absolute atomic E-state index is 3.24. The summed E-state index contributed by atoms with van der Waals surface area (Å²) in [4.78, 5) is 24.9. The van der Waals surface area contributed by atoms with Crippen molar-refractivity contribution in [3.05, 3.63) is 0 Å². The Bertz CT molecular complexity index is 333. The van der Waals surface area contributed by atoms with Crippen LogP contribution in [0, 0.1) is 0 Å². The molecule has 0 heterocycles. The maximum atomic E-state index is 10.9. The Kier molecular flexibility index (Phi) is 5.22. The highest BCUT2D eigenvalue weighted by molar-refractivity contribution is 7.66. The second-order valence-electron chi connectivity index (χ2n) is 1.78. The maximum absolute atomic E-state index is 10.9. The first-order chi connectivity index (χ1) is 6.54. The molecule has 0 aromatic heterocycles. The molecule has 12 nitrogen and oxygen atoms in total. The highest BCUT2D eigenvalue weighted by atomic mass is 31.3. The van der Waals surface area contributed by atoms with Crippen LogP contribution in [0.4, 0.5) is 0 Å². The average molecular weight is 288 g/mol. The molecule has 1 unspecified atom stereocenters. The van der Waals surface area contributed by atoms with Crippen molar-refractivity contribution in [2.45, 2.75) is 0 Å². The van der Waals surface area contributed by atoms with Crippen molar-refractivity contribution in [1.29, 1.82) is 0 Å². The van der Waals surface area contributed by atoms with Gasteiger partial charge in [0.25, 0.3) is 0 Å². The molecule has 0 rings (SSSR count). The first-order valence-electron chi connectivity index (χ1n) is 2.71. The van der Waals surface area contributed by atoms with Gasteiger partial charge in [0, 0.05) is 0 Å². The standard InChI is InChI=1S/H7N2O10P3/c1-9-15(8,10-2)12-14(6,7)11-13(3,4)5/h1-2H2,(H,6,7)(H2,3,4,5). The zero-order chi connectivity index (χ0) is 12.3. The van der Waals surface area contributed by atoms with Gasteiger partial charge in [0.05, 0.1) is 0 Å². The van der Waals surface area contributed by atoms with Crippen LogP contribution < -0.4 is 11.8 Å². The van der Waals surface area contributed by atoms with Gasteiger partial charge in [-0.25, -0.2) is 25.5 Å². The molecule has 92 valence electrons. The molecular weight excluding hydrogens is 281 g/mol. The number of hydrogen-bond donors (Lipinski definition) is 5. The summed E-state index contributed by atoms with van der Waals surface area (Å²) in [5, 5.41) is 0. The minimum atomic E-state index is -5.40. The fourth-order valence-corrected chi connectivity index (χ4v) is 3.17. The maximum Gasteiger partial charge on any atom is 0.516 e. The van der Waals surface area contributed by atoms with Crippen LogP contribution in [0.1, 0.15) is 0 Å². The first-order valence-corrected chi connectivity index (χ1v) is 7.20. The molecule has 0 bridgehead atoms. The summed E-state index contributed by atoms with van der Waals surface area (Å²) in [7, 11) is -15.6. The molecule has 0 radical (unpaired) electrons. The van der Waals surface area contributed by atoms with E-state index >= 15 is 0 Å². The molecule has 0 saturated carbocycles. The molecule has 0 aromatic rings. The van der Waals surface area contributed by atoms with E-state index < -0.39 is 23.5 Å². The van der Waals surface area contributed by atoms with E-state index in [1.54, 1.807) is 0 Å². The van der Waals surface area contributed by atoms with E-state index in [1.165, 1.54) is 0 Å². The largest absolute Gasteiger partial charge is 0.516 e. The molecule has 15 heteroatoms. The van der Waals surface area contributed by atoms with Gasteiger partial charge in [-0.3, -0.25) is 0 Å². The number of hydrogen-bond acceptors (Lipinski definition) is 9. The van der Waals surface area contributed by atoms with Gasteiger partial charge in [-0.15, -0.1) is 0 Å². The molecule has 1 atom stereocenters. The SMILES string of the molecule is NOP(=O)(ON)OP(=O)(O)OP(=O)(O)O. The number of phosphoric acid groups is 3. The average Bonchev–Trinajstić information content (AvgIpc) is 1.98. The van der Waals surface area contributed by atoms with Crippen LogP contribution in [0.2, 0.25) is 0 Å². The minimum Gasteiger partial charge on any atom is -0.302 e. The third-order valence-corrected chi connectivity index (χ3v) is 4.49. The monoisotopic (exact) mass is 288 g/mol. The van der Waals surface area contributed by atoms with Gasteiger partial charge < -0.3 is 14.7 Å². The lowest BCUT2D eigenvalue weighted by Gasteiger charge is -2.15. The van der Waals surface area contributed by atoms with Crippen molar-refractivity contribution in [3.63, 3.8) is 0 Å². The zero-order valence-electron chi connectivity index (χ0n) is 6.70.